The highest BCUT2D eigenvalue weighted by Crippen LogP contribution is 2.22. The first-order valence-corrected chi connectivity index (χ1v) is 7.01. The van der Waals surface area contributed by atoms with E-state index in [0.717, 1.165) is 35.7 Å². The molecule has 0 atom stereocenters. The summed E-state index contributed by atoms with van der Waals surface area (Å²) in [5.41, 5.74) is 8.60. The van der Waals surface area contributed by atoms with Gasteiger partial charge in [-0.05, 0) is 24.6 Å². The van der Waals surface area contributed by atoms with Crippen LogP contribution in [0.2, 0.25) is 0 Å². The first kappa shape index (κ1) is 13.3. The van der Waals surface area contributed by atoms with Gasteiger partial charge in [0.2, 0.25) is 0 Å². The van der Waals surface area contributed by atoms with Crippen molar-refractivity contribution in [2.45, 2.75) is 19.8 Å². The number of para-hydroxylation sites is 1. The van der Waals surface area contributed by atoms with Crippen molar-refractivity contribution < 1.29 is 0 Å². The molecule has 5 heteroatoms. The van der Waals surface area contributed by atoms with Crippen LogP contribution in [0.4, 0.5) is 5.82 Å². The van der Waals surface area contributed by atoms with Crippen LogP contribution in [0.15, 0.2) is 48.7 Å². The molecule has 3 aromatic rings. The van der Waals surface area contributed by atoms with Crippen LogP contribution in [-0.4, -0.2) is 19.7 Å². The van der Waals surface area contributed by atoms with Crippen LogP contribution in [0, 0.1) is 0 Å². The highest BCUT2D eigenvalue weighted by Gasteiger charge is 2.11. The zero-order valence-electron chi connectivity index (χ0n) is 11.9. The third-order valence-corrected chi connectivity index (χ3v) is 3.17. The molecular formula is C16H17N5. The molecule has 3 rings (SSSR count). The van der Waals surface area contributed by atoms with Gasteiger partial charge in [-0.15, -0.1) is 0 Å². The van der Waals surface area contributed by atoms with E-state index < -0.39 is 0 Å². The lowest BCUT2D eigenvalue weighted by Gasteiger charge is -2.08. The topological polar surface area (TPSA) is 69.6 Å². The van der Waals surface area contributed by atoms with Crippen LogP contribution < -0.4 is 5.73 Å². The van der Waals surface area contributed by atoms with Gasteiger partial charge in [-0.1, -0.05) is 25.1 Å². The number of aromatic nitrogens is 4. The summed E-state index contributed by atoms with van der Waals surface area (Å²) < 4.78 is 1.86. The van der Waals surface area contributed by atoms with Gasteiger partial charge in [-0.25, -0.2) is 14.6 Å². The molecule has 0 radical (unpaired) electrons. The van der Waals surface area contributed by atoms with Crippen LogP contribution in [-0.2, 0) is 6.42 Å². The molecular weight excluding hydrogens is 262 g/mol. The minimum absolute atomic E-state index is 0.490. The van der Waals surface area contributed by atoms with E-state index in [1.54, 1.807) is 12.3 Å². The number of nitrogens with two attached hydrogens (primary N) is 1. The summed E-state index contributed by atoms with van der Waals surface area (Å²) in [7, 11) is 0. The van der Waals surface area contributed by atoms with Crippen LogP contribution >= 0.6 is 0 Å². The van der Waals surface area contributed by atoms with Gasteiger partial charge in [-0.2, -0.15) is 5.10 Å². The van der Waals surface area contributed by atoms with Crippen molar-refractivity contribution in [2.75, 3.05) is 5.73 Å². The van der Waals surface area contributed by atoms with Gasteiger partial charge in [0.25, 0.3) is 0 Å². The standard InChI is InChI=1S/C16H17N5/c1-2-6-16-19-13(11-15(17)20-16)14-9-10-18-21(14)12-7-4-3-5-8-12/h3-5,7-11H,2,6H2,1H3,(H2,17,19,20). The van der Waals surface area contributed by atoms with E-state index in [0.29, 0.717) is 5.82 Å². The molecule has 0 aliphatic carbocycles. The second-order valence-corrected chi connectivity index (χ2v) is 4.81. The molecule has 0 unspecified atom stereocenters. The summed E-state index contributed by atoms with van der Waals surface area (Å²) in [6.07, 6.45) is 3.57. The van der Waals surface area contributed by atoms with Crippen molar-refractivity contribution in [1.82, 2.24) is 19.7 Å². The fourth-order valence-electron chi connectivity index (χ4n) is 2.26. The number of aryl methyl sites for hydroxylation is 1. The monoisotopic (exact) mass is 279 g/mol. The van der Waals surface area contributed by atoms with Crippen LogP contribution in [0.3, 0.4) is 0 Å². The Morgan fingerprint density at radius 1 is 1.10 bits per heavy atom. The molecule has 0 amide bonds. The van der Waals surface area contributed by atoms with Gasteiger partial charge in [0.15, 0.2) is 0 Å². The quantitative estimate of drug-likeness (QED) is 0.797. The summed E-state index contributed by atoms with van der Waals surface area (Å²) >= 11 is 0. The fraction of sp³-hybridized carbons (Fsp3) is 0.188. The normalized spacial score (nSPS) is 10.7. The molecule has 106 valence electrons. The Kier molecular flexibility index (Phi) is 3.64. The number of nitrogens with zero attached hydrogens (tertiary/aromatic N) is 4. The highest BCUT2D eigenvalue weighted by atomic mass is 15.3. The molecule has 21 heavy (non-hydrogen) atoms. The average Bonchev–Trinajstić information content (AvgIpc) is 2.97. The number of nitrogen functional groups attached to an aromatic ring is 1. The maximum Gasteiger partial charge on any atom is 0.131 e. The van der Waals surface area contributed by atoms with E-state index in [2.05, 4.69) is 22.0 Å². The Morgan fingerprint density at radius 3 is 2.67 bits per heavy atom. The predicted octanol–water partition coefficient (Wildman–Crippen LogP) is 2.86. The van der Waals surface area contributed by atoms with Gasteiger partial charge < -0.3 is 5.73 Å². The molecule has 1 aromatic carbocycles. The number of benzene rings is 1. The van der Waals surface area contributed by atoms with Crippen molar-refractivity contribution >= 4 is 5.82 Å². The molecule has 0 saturated heterocycles. The summed E-state index contributed by atoms with van der Waals surface area (Å²) in [6.45, 7) is 2.10. The minimum atomic E-state index is 0.490. The van der Waals surface area contributed by atoms with E-state index in [1.165, 1.54) is 0 Å². The van der Waals surface area contributed by atoms with E-state index in [-0.39, 0.29) is 0 Å². The number of hydrogen-bond donors (Lipinski definition) is 1. The molecule has 0 aliphatic rings. The molecule has 0 saturated carbocycles. The molecule has 2 N–H and O–H groups in total. The van der Waals surface area contributed by atoms with Crippen molar-refractivity contribution in [3.05, 3.63) is 54.5 Å². The number of rotatable bonds is 4. The Hall–Kier alpha value is -2.69. The highest BCUT2D eigenvalue weighted by molar-refractivity contribution is 5.60. The summed E-state index contributed by atoms with van der Waals surface area (Å²) in [5.74, 6) is 1.26. The lowest BCUT2D eigenvalue weighted by atomic mass is 10.2. The largest absolute Gasteiger partial charge is 0.384 e. The molecule has 0 fully saturated rings. The van der Waals surface area contributed by atoms with Gasteiger partial charge in [-0.3, -0.25) is 0 Å². The molecule has 5 nitrogen and oxygen atoms in total. The molecule has 0 aliphatic heterocycles. The molecule has 0 bridgehead atoms. The molecule has 2 heterocycles. The summed E-state index contributed by atoms with van der Waals surface area (Å²) in [5, 5.41) is 4.38. The second kappa shape index (κ2) is 5.75. The Bertz CT molecular complexity index is 733. The van der Waals surface area contributed by atoms with Gasteiger partial charge in [0.05, 0.1) is 23.3 Å². The van der Waals surface area contributed by atoms with Gasteiger partial charge >= 0.3 is 0 Å². The maximum atomic E-state index is 5.90. The first-order chi connectivity index (χ1) is 10.3. The van der Waals surface area contributed by atoms with E-state index >= 15 is 0 Å². The van der Waals surface area contributed by atoms with Gasteiger partial charge in [0.1, 0.15) is 11.6 Å². The van der Waals surface area contributed by atoms with E-state index in [4.69, 9.17) is 5.73 Å². The van der Waals surface area contributed by atoms with E-state index in [9.17, 15) is 0 Å². The van der Waals surface area contributed by atoms with Crippen LogP contribution in [0.5, 0.6) is 0 Å². The zero-order valence-corrected chi connectivity index (χ0v) is 11.9. The lowest BCUT2D eigenvalue weighted by molar-refractivity contribution is 0.832. The molecule has 0 spiro atoms. The lowest BCUT2D eigenvalue weighted by Crippen LogP contribution is -2.04. The number of hydrogen-bond acceptors (Lipinski definition) is 4. The Balaban J connectivity index is 2.08. The van der Waals surface area contributed by atoms with Crippen molar-refractivity contribution in [1.29, 1.82) is 0 Å². The maximum absolute atomic E-state index is 5.90. The minimum Gasteiger partial charge on any atom is -0.384 e. The Morgan fingerprint density at radius 2 is 1.90 bits per heavy atom. The average molecular weight is 279 g/mol. The Labute approximate surface area is 123 Å². The zero-order chi connectivity index (χ0) is 14.7. The van der Waals surface area contributed by atoms with Crippen molar-refractivity contribution in [2.24, 2.45) is 0 Å². The second-order valence-electron chi connectivity index (χ2n) is 4.81. The third-order valence-electron chi connectivity index (χ3n) is 3.17. The van der Waals surface area contributed by atoms with Gasteiger partial charge in [0, 0.05) is 12.5 Å². The first-order valence-electron chi connectivity index (χ1n) is 7.01. The summed E-state index contributed by atoms with van der Waals surface area (Å²) in [4.78, 5) is 8.87. The molecule has 2 aromatic heterocycles. The number of anilines is 1. The van der Waals surface area contributed by atoms with Crippen LogP contribution in [0.1, 0.15) is 19.2 Å². The third kappa shape index (κ3) is 2.76. The smallest absolute Gasteiger partial charge is 0.131 e. The summed E-state index contributed by atoms with van der Waals surface area (Å²) in [6, 6.07) is 13.7. The fourth-order valence-corrected chi connectivity index (χ4v) is 2.26. The van der Waals surface area contributed by atoms with Crippen molar-refractivity contribution in [3.63, 3.8) is 0 Å². The van der Waals surface area contributed by atoms with E-state index in [1.807, 2.05) is 41.1 Å². The van der Waals surface area contributed by atoms with Crippen LogP contribution in [0.25, 0.3) is 17.1 Å². The van der Waals surface area contributed by atoms with Crippen molar-refractivity contribution in [3.8, 4) is 17.1 Å². The predicted molar refractivity (Wildman–Crippen MR) is 83.0 cm³/mol. The SMILES string of the molecule is CCCc1nc(N)cc(-c2ccnn2-c2ccccc2)n1.